The summed E-state index contributed by atoms with van der Waals surface area (Å²) in [5.41, 5.74) is 0. The molecule has 2 heterocycles. The molecule has 0 unspecified atom stereocenters. The van der Waals surface area contributed by atoms with Crippen molar-refractivity contribution in [2.75, 3.05) is 25.4 Å². The third-order valence-electron chi connectivity index (χ3n) is 5.59. The van der Waals surface area contributed by atoms with Crippen molar-refractivity contribution < 1.29 is 13.2 Å². The Morgan fingerprint density at radius 1 is 1.16 bits per heavy atom. The average molecular weight is 459 g/mol. The van der Waals surface area contributed by atoms with E-state index in [2.05, 4.69) is 10.3 Å². The lowest BCUT2D eigenvalue weighted by Gasteiger charge is -2.30. The number of hydrogen-bond acceptors (Lipinski definition) is 5. The molecular weight excluding hydrogens is 432 g/mol. The van der Waals surface area contributed by atoms with Crippen LogP contribution in [-0.2, 0) is 21.9 Å². The first-order valence-electron chi connectivity index (χ1n) is 10.3. The fraction of sp³-hybridized carbons (Fsp3) is 0.364. The predicted molar refractivity (Wildman–Crippen MR) is 122 cm³/mol. The molecule has 2 aromatic carbocycles. The number of imidazole rings is 1. The van der Waals surface area contributed by atoms with E-state index in [-0.39, 0.29) is 11.8 Å². The van der Waals surface area contributed by atoms with Gasteiger partial charge in [0, 0.05) is 50.7 Å². The zero-order valence-corrected chi connectivity index (χ0v) is 19.0. The van der Waals surface area contributed by atoms with Crippen LogP contribution in [0.1, 0.15) is 12.8 Å². The zero-order chi connectivity index (χ0) is 21.8. The first-order valence-corrected chi connectivity index (χ1v) is 12.7. The highest BCUT2D eigenvalue weighted by Crippen LogP contribution is 2.26. The fourth-order valence-corrected chi connectivity index (χ4v) is 6.08. The van der Waals surface area contributed by atoms with E-state index in [1.807, 2.05) is 48.1 Å². The number of hydrogen-bond donors (Lipinski definition) is 1. The molecule has 9 heteroatoms. The molecule has 1 amide bonds. The first kappa shape index (κ1) is 21.9. The van der Waals surface area contributed by atoms with Crippen LogP contribution in [0.5, 0.6) is 0 Å². The Hall–Kier alpha value is -2.36. The maximum absolute atomic E-state index is 13.1. The summed E-state index contributed by atoms with van der Waals surface area (Å²) in [4.78, 5) is 17.0. The number of aryl methyl sites for hydroxylation is 1. The quantitative estimate of drug-likeness (QED) is 0.435. The highest BCUT2D eigenvalue weighted by Gasteiger charge is 2.32. The Labute approximate surface area is 186 Å². The van der Waals surface area contributed by atoms with Crippen LogP contribution >= 0.6 is 11.8 Å². The second-order valence-corrected chi connectivity index (χ2v) is 10.6. The molecule has 0 bridgehead atoms. The molecule has 0 atom stereocenters. The molecule has 3 aromatic rings. The molecule has 1 aromatic heterocycles. The number of piperidine rings is 1. The standard InChI is InChI=1S/C22H26N4O3S2/c1-25-14-10-24-22(25)30-15-11-23-21(27)18-8-12-26(13-9-18)31(28,29)20-7-6-17-4-2-3-5-19(17)16-20/h2-7,10,14,16,18H,8-9,11-13,15H2,1H3,(H,23,27). The maximum atomic E-state index is 13.1. The molecule has 31 heavy (non-hydrogen) atoms. The van der Waals surface area contributed by atoms with Crippen molar-refractivity contribution in [3.05, 3.63) is 54.9 Å². The summed E-state index contributed by atoms with van der Waals surface area (Å²) in [7, 11) is -1.63. The number of benzene rings is 2. The lowest BCUT2D eigenvalue weighted by Crippen LogP contribution is -2.43. The van der Waals surface area contributed by atoms with Crippen LogP contribution < -0.4 is 5.32 Å². The molecule has 1 saturated heterocycles. The lowest BCUT2D eigenvalue weighted by molar-refractivity contribution is -0.125. The van der Waals surface area contributed by atoms with E-state index in [0.29, 0.717) is 37.4 Å². The molecule has 0 spiro atoms. The van der Waals surface area contributed by atoms with Crippen molar-refractivity contribution in [2.24, 2.45) is 13.0 Å². The smallest absolute Gasteiger partial charge is 0.243 e. The summed E-state index contributed by atoms with van der Waals surface area (Å²) in [5, 5.41) is 5.81. The average Bonchev–Trinajstić information content (AvgIpc) is 3.21. The van der Waals surface area contributed by atoms with Gasteiger partial charge in [0.15, 0.2) is 5.16 Å². The minimum Gasteiger partial charge on any atom is -0.355 e. The number of thioether (sulfide) groups is 1. The Morgan fingerprint density at radius 2 is 1.90 bits per heavy atom. The SMILES string of the molecule is Cn1ccnc1SCCNC(=O)C1CCN(S(=O)(=O)c2ccc3ccccc3c2)CC1. The van der Waals surface area contributed by atoms with Crippen molar-refractivity contribution in [3.63, 3.8) is 0 Å². The molecule has 0 saturated carbocycles. The Kier molecular flexibility index (Phi) is 6.64. The Balaban J connectivity index is 1.29. The third kappa shape index (κ3) is 4.94. The van der Waals surface area contributed by atoms with Crippen molar-refractivity contribution >= 4 is 38.5 Å². The number of nitrogens with zero attached hydrogens (tertiary/aromatic N) is 3. The number of rotatable bonds is 7. The summed E-state index contributed by atoms with van der Waals surface area (Å²) in [5.74, 6) is 0.593. The van der Waals surface area contributed by atoms with Crippen molar-refractivity contribution in [1.29, 1.82) is 0 Å². The molecule has 164 valence electrons. The van der Waals surface area contributed by atoms with Gasteiger partial charge < -0.3 is 9.88 Å². The van der Waals surface area contributed by atoms with Gasteiger partial charge in [-0.3, -0.25) is 4.79 Å². The highest BCUT2D eigenvalue weighted by molar-refractivity contribution is 7.99. The summed E-state index contributed by atoms with van der Waals surface area (Å²) in [6.07, 6.45) is 4.71. The van der Waals surface area contributed by atoms with Crippen LogP contribution in [0.25, 0.3) is 10.8 Å². The third-order valence-corrected chi connectivity index (χ3v) is 8.55. The predicted octanol–water partition coefficient (Wildman–Crippen LogP) is 2.88. The van der Waals surface area contributed by atoms with E-state index in [0.717, 1.165) is 21.7 Å². The van der Waals surface area contributed by atoms with Crippen molar-refractivity contribution in [1.82, 2.24) is 19.2 Å². The van der Waals surface area contributed by atoms with Crippen LogP contribution in [0.3, 0.4) is 0 Å². The van der Waals surface area contributed by atoms with E-state index in [9.17, 15) is 13.2 Å². The zero-order valence-electron chi connectivity index (χ0n) is 17.4. The van der Waals surface area contributed by atoms with Gasteiger partial charge in [0.25, 0.3) is 0 Å². The second kappa shape index (κ2) is 9.42. The first-order chi connectivity index (χ1) is 14.9. The van der Waals surface area contributed by atoms with Gasteiger partial charge in [-0.05, 0) is 35.7 Å². The minimum atomic E-state index is -3.56. The number of amides is 1. The monoisotopic (exact) mass is 458 g/mol. The molecule has 4 rings (SSSR count). The van der Waals surface area contributed by atoms with Gasteiger partial charge in [-0.15, -0.1) is 0 Å². The van der Waals surface area contributed by atoms with Crippen LogP contribution in [0.15, 0.2) is 64.9 Å². The number of fused-ring (bicyclic) bond motifs is 1. The summed E-state index contributed by atoms with van der Waals surface area (Å²) < 4.78 is 29.6. The van der Waals surface area contributed by atoms with E-state index >= 15 is 0 Å². The van der Waals surface area contributed by atoms with Crippen LogP contribution in [0, 0.1) is 5.92 Å². The van der Waals surface area contributed by atoms with Gasteiger partial charge in [0.05, 0.1) is 4.90 Å². The topological polar surface area (TPSA) is 84.3 Å². The van der Waals surface area contributed by atoms with Gasteiger partial charge in [-0.1, -0.05) is 42.1 Å². The highest BCUT2D eigenvalue weighted by atomic mass is 32.2. The molecule has 0 aliphatic carbocycles. The largest absolute Gasteiger partial charge is 0.355 e. The van der Waals surface area contributed by atoms with E-state index in [1.165, 1.54) is 4.31 Å². The van der Waals surface area contributed by atoms with Gasteiger partial charge in [-0.25, -0.2) is 13.4 Å². The van der Waals surface area contributed by atoms with Gasteiger partial charge in [0.2, 0.25) is 15.9 Å². The molecule has 1 aliphatic rings. The number of aromatic nitrogens is 2. The number of sulfonamides is 1. The van der Waals surface area contributed by atoms with E-state index in [4.69, 9.17) is 0 Å². The number of nitrogens with one attached hydrogen (secondary N) is 1. The second-order valence-electron chi connectivity index (χ2n) is 7.65. The molecule has 1 fully saturated rings. The van der Waals surface area contributed by atoms with Gasteiger partial charge in [0.1, 0.15) is 0 Å². The molecular formula is C22H26N4O3S2. The molecule has 1 N–H and O–H groups in total. The van der Waals surface area contributed by atoms with Crippen molar-refractivity contribution in [2.45, 2.75) is 22.9 Å². The normalized spacial score (nSPS) is 15.9. The van der Waals surface area contributed by atoms with E-state index < -0.39 is 10.0 Å². The molecule has 0 radical (unpaired) electrons. The summed E-state index contributed by atoms with van der Waals surface area (Å²) in [6.45, 7) is 1.27. The summed E-state index contributed by atoms with van der Waals surface area (Å²) in [6, 6.07) is 12.9. The Bertz CT molecular complexity index is 1170. The lowest BCUT2D eigenvalue weighted by atomic mass is 9.97. The molecule has 7 nitrogen and oxygen atoms in total. The van der Waals surface area contributed by atoms with Crippen molar-refractivity contribution in [3.8, 4) is 0 Å². The molecule has 1 aliphatic heterocycles. The number of carbonyl (C=O) groups is 1. The number of carbonyl (C=O) groups excluding carboxylic acids is 1. The van der Waals surface area contributed by atoms with Gasteiger partial charge >= 0.3 is 0 Å². The van der Waals surface area contributed by atoms with E-state index in [1.54, 1.807) is 30.1 Å². The van der Waals surface area contributed by atoms with Gasteiger partial charge in [-0.2, -0.15) is 4.31 Å². The fourth-order valence-electron chi connectivity index (χ4n) is 3.79. The Morgan fingerprint density at radius 3 is 2.61 bits per heavy atom. The van der Waals surface area contributed by atoms with Crippen LogP contribution in [-0.4, -0.2) is 53.6 Å². The van der Waals surface area contributed by atoms with Crippen LogP contribution in [0.2, 0.25) is 0 Å². The summed E-state index contributed by atoms with van der Waals surface area (Å²) >= 11 is 1.59. The minimum absolute atomic E-state index is 0.00296. The van der Waals surface area contributed by atoms with Crippen LogP contribution in [0.4, 0.5) is 0 Å². The maximum Gasteiger partial charge on any atom is 0.243 e.